The minimum atomic E-state index is -0.464. The van der Waals surface area contributed by atoms with Gasteiger partial charge in [-0.25, -0.2) is 0 Å². The number of fused-ring (bicyclic) bond motifs is 3. The zero-order valence-electron chi connectivity index (χ0n) is 11.0. The summed E-state index contributed by atoms with van der Waals surface area (Å²) >= 11 is 0. The highest BCUT2D eigenvalue weighted by Crippen LogP contribution is 2.67. The van der Waals surface area contributed by atoms with Gasteiger partial charge in [0, 0.05) is 5.41 Å². The van der Waals surface area contributed by atoms with Crippen LogP contribution in [0.5, 0.6) is 0 Å². The lowest BCUT2D eigenvalue weighted by molar-refractivity contribution is -0.173. The van der Waals surface area contributed by atoms with E-state index in [2.05, 4.69) is 33.8 Å². The predicted molar refractivity (Wildman–Crippen MR) is 66.0 cm³/mol. The van der Waals surface area contributed by atoms with Crippen LogP contribution in [0.2, 0.25) is 0 Å². The Balaban J connectivity index is 2.04. The second-order valence-electron chi connectivity index (χ2n) is 7.47. The minimum absolute atomic E-state index is 0.171. The van der Waals surface area contributed by atoms with E-state index in [9.17, 15) is 5.11 Å². The second kappa shape index (κ2) is 2.75. The van der Waals surface area contributed by atoms with Crippen molar-refractivity contribution in [3.05, 3.63) is 11.6 Å². The Kier molecular flexibility index (Phi) is 1.86. The lowest BCUT2D eigenvalue weighted by atomic mass is 9.46. The molecule has 16 heavy (non-hydrogen) atoms. The standard InChI is InChI=1S/C15H24O/c1-10-7-11-8-13(2,3)9-12(11)14(4)5-6-15(10,14)16/h7,11-12,16H,5-6,8-9H2,1-4H3/t11-,12-,14+,15+/m0/s1. The van der Waals surface area contributed by atoms with Crippen LogP contribution in [0.25, 0.3) is 0 Å². The van der Waals surface area contributed by atoms with E-state index in [1.807, 2.05) is 0 Å². The van der Waals surface area contributed by atoms with Crippen molar-refractivity contribution in [1.82, 2.24) is 0 Å². The van der Waals surface area contributed by atoms with Crippen molar-refractivity contribution in [2.24, 2.45) is 22.7 Å². The van der Waals surface area contributed by atoms with Crippen LogP contribution < -0.4 is 0 Å². The molecule has 0 aliphatic heterocycles. The molecule has 90 valence electrons. The van der Waals surface area contributed by atoms with E-state index in [0.717, 1.165) is 12.3 Å². The molecule has 0 heterocycles. The maximum absolute atomic E-state index is 10.8. The molecule has 0 unspecified atom stereocenters. The van der Waals surface area contributed by atoms with E-state index < -0.39 is 5.60 Å². The highest BCUT2D eigenvalue weighted by molar-refractivity contribution is 5.33. The fraction of sp³-hybridized carbons (Fsp3) is 0.867. The summed E-state index contributed by atoms with van der Waals surface area (Å²) in [6, 6.07) is 0. The summed E-state index contributed by atoms with van der Waals surface area (Å²) in [5, 5.41) is 10.8. The van der Waals surface area contributed by atoms with Crippen molar-refractivity contribution in [3.8, 4) is 0 Å². The third kappa shape index (κ3) is 1.06. The zero-order chi connectivity index (χ0) is 11.8. The minimum Gasteiger partial charge on any atom is -0.385 e. The van der Waals surface area contributed by atoms with E-state index in [0.29, 0.717) is 11.3 Å². The number of hydrogen-bond acceptors (Lipinski definition) is 1. The third-order valence-electron chi connectivity index (χ3n) is 5.96. The van der Waals surface area contributed by atoms with E-state index in [1.165, 1.54) is 24.8 Å². The Bertz CT molecular complexity index is 368. The van der Waals surface area contributed by atoms with Crippen LogP contribution in [-0.4, -0.2) is 10.7 Å². The van der Waals surface area contributed by atoms with Crippen molar-refractivity contribution in [1.29, 1.82) is 0 Å². The van der Waals surface area contributed by atoms with Crippen molar-refractivity contribution >= 4 is 0 Å². The van der Waals surface area contributed by atoms with Crippen LogP contribution >= 0.6 is 0 Å². The van der Waals surface area contributed by atoms with Gasteiger partial charge in [-0.15, -0.1) is 0 Å². The van der Waals surface area contributed by atoms with E-state index in [4.69, 9.17) is 0 Å². The van der Waals surface area contributed by atoms with Crippen LogP contribution in [-0.2, 0) is 0 Å². The molecule has 3 aliphatic rings. The molecule has 0 aromatic heterocycles. The van der Waals surface area contributed by atoms with Crippen LogP contribution in [0.15, 0.2) is 11.6 Å². The first-order valence-corrected chi connectivity index (χ1v) is 6.70. The van der Waals surface area contributed by atoms with Crippen molar-refractivity contribution in [3.63, 3.8) is 0 Å². The molecule has 2 saturated carbocycles. The summed E-state index contributed by atoms with van der Waals surface area (Å²) in [6.45, 7) is 9.23. The maximum atomic E-state index is 10.8. The Labute approximate surface area is 98.9 Å². The predicted octanol–water partition coefficient (Wildman–Crippen LogP) is 3.53. The molecule has 1 heteroatoms. The van der Waals surface area contributed by atoms with Gasteiger partial charge in [0.25, 0.3) is 0 Å². The van der Waals surface area contributed by atoms with Gasteiger partial charge in [-0.3, -0.25) is 0 Å². The second-order valence-corrected chi connectivity index (χ2v) is 7.47. The SMILES string of the molecule is CC1=C[C@H]2CC(C)(C)C[C@@H]2[C@@]2(C)CC[C@@]12O. The Morgan fingerprint density at radius 1 is 1.19 bits per heavy atom. The van der Waals surface area contributed by atoms with Crippen LogP contribution in [0.3, 0.4) is 0 Å². The largest absolute Gasteiger partial charge is 0.385 e. The van der Waals surface area contributed by atoms with Crippen molar-refractivity contribution < 1.29 is 5.11 Å². The topological polar surface area (TPSA) is 20.2 Å². The van der Waals surface area contributed by atoms with Gasteiger partial charge in [0.05, 0.1) is 5.60 Å². The lowest BCUT2D eigenvalue weighted by Crippen LogP contribution is -2.62. The van der Waals surface area contributed by atoms with Gasteiger partial charge in [0.1, 0.15) is 0 Å². The first-order chi connectivity index (χ1) is 7.29. The Morgan fingerprint density at radius 2 is 1.88 bits per heavy atom. The van der Waals surface area contributed by atoms with Crippen LogP contribution in [0.1, 0.15) is 53.4 Å². The molecule has 0 amide bonds. The molecule has 1 N–H and O–H groups in total. The molecular weight excluding hydrogens is 196 g/mol. The average Bonchev–Trinajstić information content (AvgIpc) is 2.48. The lowest BCUT2D eigenvalue weighted by Gasteiger charge is -2.62. The molecule has 0 saturated heterocycles. The van der Waals surface area contributed by atoms with E-state index in [1.54, 1.807) is 0 Å². The van der Waals surface area contributed by atoms with Crippen molar-refractivity contribution in [2.45, 2.75) is 59.0 Å². The summed E-state index contributed by atoms with van der Waals surface area (Å²) in [6.07, 6.45) is 7.18. The zero-order valence-corrected chi connectivity index (χ0v) is 11.0. The Hall–Kier alpha value is -0.300. The van der Waals surface area contributed by atoms with E-state index in [-0.39, 0.29) is 5.41 Å². The molecule has 3 rings (SSSR count). The molecular formula is C15H24O. The highest BCUT2D eigenvalue weighted by atomic mass is 16.3. The number of rotatable bonds is 0. The monoisotopic (exact) mass is 220 g/mol. The molecule has 0 bridgehead atoms. The average molecular weight is 220 g/mol. The molecule has 1 nitrogen and oxygen atoms in total. The van der Waals surface area contributed by atoms with Crippen LogP contribution in [0, 0.1) is 22.7 Å². The van der Waals surface area contributed by atoms with Crippen molar-refractivity contribution in [2.75, 3.05) is 0 Å². The summed E-state index contributed by atoms with van der Waals surface area (Å²) in [5.41, 5.74) is 1.43. The quantitative estimate of drug-likeness (QED) is 0.619. The van der Waals surface area contributed by atoms with Gasteiger partial charge < -0.3 is 5.11 Å². The first kappa shape index (κ1) is 10.8. The van der Waals surface area contributed by atoms with E-state index >= 15 is 0 Å². The highest BCUT2D eigenvalue weighted by Gasteiger charge is 2.65. The fourth-order valence-electron chi connectivity index (χ4n) is 4.84. The summed E-state index contributed by atoms with van der Waals surface area (Å²) in [5.74, 6) is 1.44. The van der Waals surface area contributed by atoms with Gasteiger partial charge >= 0.3 is 0 Å². The molecule has 0 radical (unpaired) electrons. The summed E-state index contributed by atoms with van der Waals surface area (Å²) < 4.78 is 0. The van der Waals surface area contributed by atoms with Gasteiger partial charge in [0.15, 0.2) is 0 Å². The summed E-state index contributed by atoms with van der Waals surface area (Å²) in [7, 11) is 0. The molecule has 0 aromatic carbocycles. The van der Waals surface area contributed by atoms with Gasteiger partial charge in [-0.2, -0.15) is 0 Å². The fourth-order valence-corrected chi connectivity index (χ4v) is 4.84. The molecule has 0 aromatic rings. The molecule has 0 spiro atoms. The number of hydrogen-bond donors (Lipinski definition) is 1. The molecule has 3 aliphatic carbocycles. The van der Waals surface area contributed by atoms with Crippen LogP contribution in [0.4, 0.5) is 0 Å². The van der Waals surface area contributed by atoms with Gasteiger partial charge in [-0.05, 0) is 55.4 Å². The molecule has 4 atom stereocenters. The smallest absolute Gasteiger partial charge is 0.0910 e. The molecule has 2 fully saturated rings. The Morgan fingerprint density at radius 3 is 2.44 bits per heavy atom. The third-order valence-corrected chi connectivity index (χ3v) is 5.96. The number of allylic oxidation sites excluding steroid dienone is 1. The first-order valence-electron chi connectivity index (χ1n) is 6.70. The van der Waals surface area contributed by atoms with Gasteiger partial charge in [0.2, 0.25) is 0 Å². The normalized spacial score (nSPS) is 53.7. The summed E-state index contributed by atoms with van der Waals surface area (Å²) in [4.78, 5) is 0. The van der Waals surface area contributed by atoms with Gasteiger partial charge in [-0.1, -0.05) is 26.8 Å². The number of aliphatic hydroxyl groups is 1. The maximum Gasteiger partial charge on any atom is 0.0910 e.